The van der Waals surface area contributed by atoms with E-state index in [1.807, 2.05) is 36.4 Å². The van der Waals surface area contributed by atoms with Gasteiger partial charge in [-0.3, -0.25) is 9.59 Å². The third kappa shape index (κ3) is 4.90. The largest absolute Gasteiger partial charge is 0.454 e. The normalized spacial score (nSPS) is 13.6. The van der Waals surface area contributed by atoms with Gasteiger partial charge < -0.3 is 14.2 Å². The van der Waals surface area contributed by atoms with Gasteiger partial charge in [0.1, 0.15) is 0 Å². The molecule has 1 aromatic carbocycles. The van der Waals surface area contributed by atoms with E-state index < -0.39 is 5.97 Å². The van der Waals surface area contributed by atoms with E-state index in [1.165, 1.54) is 11.8 Å². The number of hydrogen-bond donors (Lipinski definition) is 0. The first-order valence-corrected chi connectivity index (χ1v) is 10.7. The van der Waals surface area contributed by atoms with E-state index in [9.17, 15) is 14.4 Å². The Morgan fingerprint density at radius 1 is 1.07 bits per heavy atom. The molecule has 29 heavy (non-hydrogen) atoms. The van der Waals surface area contributed by atoms with Crippen LogP contribution in [0.1, 0.15) is 44.9 Å². The highest BCUT2D eigenvalue weighted by Crippen LogP contribution is 2.24. The molecule has 0 radical (unpaired) electrons. The zero-order valence-corrected chi connectivity index (χ0v) is 17.9. The molecule has 1 aromatic heterocycles. The Labute approximate surface area is 175 Å². The van der Waals surface area contributed by atoms with Crippen molar-refractivity contribution in [3.05, 3.63) is 52.8 Å². The Morgan fingerprint density at radius 2 is 1.76 bits per heavy atom. The van der Waals surface area contributed by atoms with Gasteiger partial charge in [0, 0.05) is 42.0 Å². The molecule has 1 saturated heterocycles. The van der Waals surface area contributed by atoms with Crippen LogP contribution in [0.3, 0.4) is 0 Å². The van der Waals surface area contributed by atoms with E-state index in [0.29, 0.717) is 16.0 Å². The van der Waals surface area contributed by atoms with Gasteiger partial charge in [-0.15, -0.1) is 11.8 Å². The van der Waals surface area contributed by atoms with Gasteiger partial charge in [-0.2, -0.15) is 0 Å². The molecule has 0 saturated carbocycles. The van der Waals surface area contributed by atoms with Crippen molar-refractivity contribution < 1.29 is 19.1 Å². The number of aryl methyl sites for hydroxylation is 1. The molecule has 6 nitrogen and oxygen atoms in total. The van der Waals surface area contributed by atoms with E-state index in [2.05, 4.69) is 0 Å². The molecule has 0 bridgehead atoms. The van der Waals surface area contributed by atoms with Crippen LogP contribution in [0.5, 0.6) is 0 Å². The Bertz CT molecular complexity index is 929. The second-order valence-electron chi connectivity index (χ2n) is 7.22. The van der Waals surface area contributed by atoms with Crippen molar-refractivity contribution in [3.8, 4) is 0 Å². The summed E-state index contributed by atoms with van der Waals surface area (Å²) in [5.41, 5.74) is 2.76. The molecule has 1 aliphatic heterocycles. The minimum atomic E-state index is -0.555. The minimum absolute atomic E-state index is 0.0840. The highest BCUT2D eigenvalue weighted by atomic mass is 32.2. The zero-order chi connectivity index (χ0) is 21.0. The average Bonchev–Trinajstić information content (AvgIpc) is 3.35. The van der Waals surface area contributed by atoms with E-state index in [0.717, 1.165) is 37.3 Å². The van der Waals surface area contributed by atoms with Crippen molar-refractivity contribution in [2.75, 3.05) is 25.4 Å². The van der Waals surface area contributed by atoms with Crippen LogP contribution in [0, 0.1) is 13.8 Å². The van der Waals surface area contributed by atoms with Gasteiger partial charge in [-0.1, -0.05) is 12.1 Å². The second-order valence-corrected chi connectivity index (χ2v) is 8.23. The van der Waals surface area contributed by atoms with E-state index in [4.69, 9.17) is 4.74 Å². The summed E-state index contributed by atoms with van der Waals surface area (Å²) in [6.07, 6.45) is 2.10. The van der Waals surface area contributed by atoms with Crippen molar-refractivity contribution in [2.45, 2.75) is 31.6 Å². The fourth-order valence-electron chi connectivity index (χ4n) is 3.38. The van der Waals surface area contributed by atoms with Crippen LogP contribution in [-0.4, -0.2) is 52.6 Å². The smallest absolute Gasteiger partial charge is 0.339 e. The topological polar surface area (TPSA) is 68.6 Å². The van der Waals surface area contributed by atoms with Crippen molar-refractivity contribution in [2.24, 2.45) is 7.05 Å². The number of ether oxygens (including phenoxy) is 1. The number of carbonyl (C=O) groups is 3. The highest BCUT2D eigenvalue weighted by Gasteiger charge is 2.21. The molecule has 2 aromatic rings. The number of thioether (sulfide) groups is 1. The van der Waals surface area contributed by atoms with Gasteiger partial charge in [-0.25, -0.2) is 4.79 Å². The number of ketones is 1. The van der Waals surface area contributed by atoms with E-state index >= 15 is 0 Å². The Hall–Kier alpha value is -2.54. The summed E-state index contributed by atoms with van der Waals surface area (Å²) in [7, 11) is 1.89. The number of carbonyl (C=O) groups excluding carboxylic acids is 3. The lowest BCUT2D eigenvalue weighted by Crippen LogP contribution is -2.29. The molecule has 2 heterocycles. The molecule has 0 unspecified atom stereocenters. The van der Waals surface area contributed by atoms with Crippen LogP contribution in [0.4, 0.5) is 0 Å². The van der Waals surface area contributed by atoms with Gasteiger partial charge in [0.2, 0.25) is 11.7 Å². The molecular weight excluding hydrogens is 388 g/mol. The molecule has 0 aliphatic carbocycles. The summed E-state index contributed by atoms with van der Waals surface area (Å²) >= 11 is 1.33. The Kier molecular flexibility index (Phi) is 6.79. The first-order valence-electron chi connectivity index (χ1n) is 9.71. The number of esters is 1. The number of rotatable bonds is 7. The molecule has 0 N–H and O–H groups in total. The first-order chi connectivity index (χ1) is 13.9. The predicted octanol–water partition coefficient (Wildman–Crippen LogP) is 3.40. The minimum Gasteiger partial charge on any atom is -0.454 e. The van der Waals surface area contributed by atoms with E-state index in [1.54, 1.807) is 24.3 Å². The molecular formula is C22H26N2O4S. The summed E-state index contributed by atoms with van der Waals surface area (Å²) in [6.45, 7) is 5.10. The monoisotopic (exact) mass is 414 g/mol. The maximum atomic E-state index is 12.6. The first kappa shape index (κ1) is 21.2. The molecule has 0 atom stereocenters. The highest BCUT2D eigenvalue weighted by molar-refractivity contribution is 8.00. The average molecular weight is 415 g/mol. The van der Waals surface area contributed by atoms with Crippen LogP contribution >= 0.6 is 11.8 Å². The molecule has 1 aliphatic rings. The Balaban J connectivity index is 1.61. The number of likely N-dealkylation sites (tertiary alicyclic amines) is 1. The summed E-state index contributed by atoms with van der Waals surface area (Å²) in [5, 5.41) is 0. The Morgan fingerprint density at radius 3 is 2.41 bits per heavy atom. The molecule has 3 rings (SSSR count). The van der Waals surface area contributed by atoms with Gasteiger partial charge in [-0.05, 0) is 44.9 Å². The number of aromatic nitrogens is 1. The SMILES string of the molecule is Cc1cc(C(=O)COC(=O)c2ccccc2SCC(=O)N2CCCC2)c(C)n1C. The van der Waals surface area contributed by atoms with Gasteiger partial charge in [0.05, 0.1) is 11.3 Å². The van der Waals surface area contributed by atoms with Gasteiger partial charge in [0.25, 0.3) is 0 Å². The van der Waals surface area contributed by atoms with Crippen LogP contribution in [0.25, 0.3) is 0 Å². The summed E-state index contributed by atoms with van der Waals surface area (Å²) < 4.78 is 7.22. The quantitative estimate of drug-likeness (QED) is 0.395. The van der Waals surface area contributed by atoms with Gasteiger partial charge in [0.15, 0.2) is 6.61 Å². The van der Waals surface area contributed by atoms with Crippen LogP contribution in [0.2, 0.25) is 0 Å². The summed E-state index contributed by atoms with van der Waals surface area (Å²) in [6, 6.07) is 8.83. The maximum absolute atomic E-state index is 12.6. The van der Waals surface area contributed by atoms with Crippen LogP contribution < -0.4 is 0 Å². The lowest BCUT2D eigenvalue weighted by atomic mass is 10.1. The third-order valence-corrected chi connectivity index (χ3v) is 6.39. The lowest BCUT2D eigenvalue weighted by molar-refractivity contribution is -0.127. The number of amides is 1. The zero-order valence-electron chi connectivity index (χ0n) is 17.1. The van der Waals surface area contributed by atoms with Crippen LogP contribution in [0.15, 0.2) is 35.2 Å². The third-order valence-electron chi connectivity index (χ3n) is 5.33. The summed E-state index contributed by atoms with van der Waals surface area (Å²) in [4.78, 5) is 39.9. The van der Waals surface area contributed by atoms with E-state index in [-0.39, 0.29) is 24.1 Å². The lowest BCUT2D eigenvalue weighted by Gasteiger charge is -2.15. The van der Waals surface area contributed by atoms with Crippen LogP contribution in [-0.2, 0) is 16.6 Å². The molecule has 7 heteroatoms. The molecule has 1 fully saturated rings. The number of hydrogen-bond acceptors (Lipinski definition) is 5. The number of nitrogens with zero attached hydrogens (tertiary/aromatic N) is 2. The number of benzene rings is 1. The summed E-state index contributed by atoms with van der Waals surface area (Å²) in [5.74, 6) is -0.416. The molecule has 1 amide bonds. The van der Waals surface area contributed by atoms with Crippen molar-refractivity contribution >= 4 is 29.4 Å². The predicted molar refractivity (Wildman–Crippen MR) is 112 cm³/mol. The maximum Gasteiger partial charge on any atom is 0.339 e. The van der Waals surface area contributed by atoms with Crippen molar-refractivity contribution in [1.82, 2.24) is 9.47 Å². The molecule has 0 spiro atoms. The second kappa shape index (κ2) is 9.31. The van der Waals surface area contributed by atoms with Gasteiger partial charge >= 0.3 is 5.97 Å². The standard InChI is InChI=1S/C22H26N2O4S/c1-15-12-18(16(2)23(15)3)19(25)13-28-22(27)17-8-4-5-9-20(17)29-14-21(26)24-10-6-7-11-24/h4-5,8-9,12H,6-7,10-11,13-14H2,1-3H3. The van der Waals surface area contributed by atoms with Crippen molar-refractivity contribution in [1.29, 1.82) is 0 Å². The molecule has 154 valence electrons. The number of Topliss-reactive ketones (excluding diaryl/α,β-unsaturated/α-hetero) is 1. The fraction of sp³-hybridized carbons (Fsp3) is 0.409. The fourth-order valence-corrected chi connectivity index (χ4v) is 4.33. The van der Waals surface area contributed by atoms with Crippen molar-refractivity contribution in [3.63, 3.8) is 0 Å².